The van der Waals surface area contributed by atoms with Crippen molar-refractivity contribution in [3.05, 3.63) is 96.6 Å². The Morgan fingerprint density at radius 2 is 0.939 bits per heavy atom. The van der Waals surface area contributed by atoms with Gasteiger partial charge in [-0.25, -0.2) is 9.13 Å². The summed E-state index contributed by atoms with van der Waals surface area (Å²) in [5, 5.41) is 0. The lowest BCUT2D eigenvalue weighted by atomic mass is 10.1. The number of aryl methyl sites for hydroxylation is 4. The molecule has 4 bridgehead atoms. The summed E-state index contributed by atoms with van der Waals surface area (Å²) in [6, 6.07) is 8.96. The molecule has 0 radical (unpaired) electrons. The molecule has 0 unspecified atom stereocenters. The number of aromatic nitrogens is 2. The molecule has 0 amide bonds. The van der Waals surface area contributed by atoms with Crippen molar-refractivity contribution >= 4 is 0 Å². The van der Waals surface area contributed by atoms with Crippen LogP contribution in [-0.2, 0) is 25.9 Å². The number of hydrogen-bond donors (Lipinski definition) is 0. The van der Waals surface area contributed by atoms with E-state index in [9.17, 15) is 0 Å². The Hall–Kier alpha value is -2.48. The van der Waals surface area contributed by atoms with Crippen molar-refractivity contribution in [2.24, 2.45) is 0 Å². The van der Waals surface area contributed by atoms with Gasteiger partial charge in [0.15, 0.2) is 37.9 Å². The SMILES string of the molecule is C1=C\CCCc2ccc[n+](c2)CC/C=C\CCCCCc2ccc[n+](c2)CC/C=C\CCC/1. The first-order valence-electron chi connectivity index (χ1n) is 13.3. The highest BCUT2D eigenvalue weighted by Gasteiger charge is 2.03. The fourth-order valence-corrected chi connectivity index (χ4v) is 4.43. The normalized spacial score (nSPS) is 20.8. The van der Waals surface area contributed by atoms with E-state index in [4.69, 9.17) is 0 Å². The predicted molar refractivity (Wildman–Crippen MR) is 139 cm³/mol. The summed E-state index contributed by atoms with van der Waals surface area (Å²) < 4.78 is 4.70. The van der Waals surface area contributed by atoms with Gasteiger partial charge in [-0.3, -0.25) is 0 Å². The first-order chi connectivity index (χ1) is 16.4. The Kier molecular flexibility index (Phi) is 12.3. The number of rotatable bonds is 0. The van der Waals surface area contributed by atoms with Crippen LogP contribution in [0.3, 0.4) is 0 Å². The second-order valence-electron chi connectivity index (χ2n) is 9.31. The van der Waals surface area contributed by atoms with Crippen LogP contribution in [0, 0.1) is 0 Å². The van der Waals surface area contributed by atoms with E-state index in [0.29, 0.717) is 0 Å². The second-order valence-corrected chi connectivity index (χ2v) is 9.31. The van der Waals surface area contributed by atoms with Gasteiger partial charge in [0, 0.05) is 36.1 Å². The summed E-state index contributed by atoms with van der Waals surface area (Å²) in [5.41, 5.74) is 2.93. The van der Waals surface area contributed by atoms with Crippen LogP contribution in [0.1, 0.15) is 81.8 Å². The molecular formula is C31H44N2+2. The van der Waals surface area contributed by atoms with Crippen LogP contribution in [0.15, 0.2) is 85.5 Å². The molecule has 0 N–H and O–H groups in total. The standard InChI is InChI=1S/C31H44N2/c1-2-4-8-12-16-24-32-26-19-23-31(29-32)21-15-11-7-5-9-13-17-25-33-27-18-22-30(28-33)20-14-10-6-3-1/h3,6,8-9,12-13,18-19,22-23,26-29H,1-2,4-5,7,10-11,14-17,20-21,24-25H2/q+2/b6-3-,12-8-,13-9-. The van der Waals surface area contributed by atoms with Crippen LogP contribution in [0.4, 0.5) is 0 Å². The minimum absolute atomic E-state index is 1.08. The zero-order chi connectivity index (χ0) is 22.8. The summed E-state index contributed by atoms with van der Waals surface area (Å²) in [6.45, 7) is 2.16. The highest BCUT2D eigenvalue weighted by molar-refractivity contribution is 5.06. The fourth-order valence-electron chi connectivity index (χ4n) is 4.43. The summed E-state index contributed by atoms with van der Waals surface area (Å²) in [4.78, 5) is 0. The zero-order valence-corrected chi connectivity index (χ0v) is 20.6. The van der Waals surface area contributed by atoms with Crippen molar-refractivity contribution in [1.29, 1.82) is 0 Å². The van der Waals surface area contributed by atoms with Crippen LogP contribution in [0.2, 0.25) is 0 Å². The van der Waals surface area contributed by atoms with E-state index in [-0.39, 0.29) is 0 Å². The van der Waals surface area contributed by atoms with Gasteiger partial charge in [0.05, 0.1) is 0 Å². The van der Waals surface area contributed by atoms with Gasteiger partial charge in [0.25, 0.3) is 0 Å². The van der Waals surface area contributed by atoms with Gasteiger partial charge in [-0.2, -0.15) is 0 Å². The fraction of sp³-hybridized carbons (Fsp3) is 0.484. The molecule has 176 valence electrons. The number of allylic oxidation sites excluding steroid dienone is 6. The van der Waals surface area contributed by atoms with E-state index >= 15 is 0 Å². The second kappa shape index (κ2) is 16.2. The number of pyridine rings is 2. The highest BCUT2D eigenvalue weighted by atomic mass is 14.9. The molecule has 2 aromatic rings. The van der Waals surface area contributed by atoms with E-state index < -0.39 is 0 Å². The molecule has 2 nitrogen and oxygen atoms in total. The molecule has 3 rings (SSSR count). The Labute approximate surface area is 202 Å². The highest BCUT2D eigenvalue weighted by Crippen LogP contribution is 2.08. The van der Waals surface area contributed by atoms with E-state index in [1.54, 1.807) is 0 Å². The van der Waals surface area contributed by atoms with E-state index in [2.05, 4.69) is 94.6 Å². The maximum atomic E-state index is 2.38. The number of fused-ring (bicyclic) bond motifs is 4. The molecular weight excluding hydrogens is 400 g/mol. The minimum atomic E-state index is 1.08. The maximum absolute atomic E-state index is 2.38. The van der Waals surface area contributed by atoms with Crippen LogP contribution < -0.4 is 9.13 Å². The van der Waals surface area contributed by atoms with Crippen molar-refractivity contribution in [3.63, 3.8) is 0 Å². The van der Waals surface area contributed by atoms with Crippen molar-refractivity contribution in [3.8, 4) is 0 Å². The Morgan fingerprint density at radius 3 is 1.55 bits per heavy atom. The number of hydrogen-bond acceptors (Lipinski definition) is 0. The lowest BCUT2D eigenvalue weighted by Gasteiger charge is -2.01. The average molecular weight is 445 g/mol. The topological polar surface area (TPSA) is 7.76 Å². The molecule has 0 aliphatic carbocycles. The van der Waals surface area contributed by atoms with E-state index in [1.165, 1.54) is 81.8 Å². The van der Waals surface area contributed by atoms with Gasteiger partial charge in [0.1, 0.15) is 0 Å². The van der Waals surface area contributed by atoms with Gasteiger partial charge < -0.3 is 0 Å². The largest absolute Gasteiger partial charge is 0.205 e. The molecule has 2 aromatic heterocycles. The lowest BCUT2D eigenvalue weighted by molar-refractivity contribution is -0.696. The third-order valence-electron chi connectivity index (χ3n) is 6.36. The number of nitrogens with zero attached hydrogens (tertiary/aromatic N) is 2. The first-order valence-corrected chi connectivity index (χ1v) is 13.3. The third kappa shape index (κ3) is 11.3. The Morgan fingerprint density at radius 1 is 0.455 bits per heavy atom. The summed E-state index contributed by atoms with van der Waals surface area (Å²) in [6.07, 6.45) is 39.1. The van der Waals surface area contributed by atoms with Gasteiger partial charge in [-0.15, -0.1) is 0 Å². The molecule has 0 atom stereocenters. The molecule has 33 heavy (non-hydrogen) atoms. The van der Waals surface area contributed by atoms with Gasteiger partial charge >= 0.3 is 0 Å². The lowest BCUT2D eigenvalue weighted by Crippen LogP contribution is -2.32. The molecule has 2 heteroatoms. The summed E-state index contributed by atoms with van der Waals surface area (Å²) >= 11 is 0. The predicted octanol–water partition coefficient (Wildman–Crippen LogP) is 7.02. The molecule has 0 aromatic carbocycles. The smallest absolute Gasteiger partial charge is 0.171 e. The molecule has 0 spiro atoms. The van der Waals surface area contributed by atoms with E-state index in [0.717, 1.165) is 25.9 Å². The monoisotopic (exact) mass is 444 g/mol. The molecule has 0 saturated carbocycles. The Bertz CT molecular complexity index is 878. The molecule has 1 aliphatic rings. The molecule has 1 aliphatic heterocycles. The van der Waals surface area contributed by atoms with Crippen LogP contribution >= 0.6 is 0 Å². The van der Waals surface area contributed by atoms with Crippen LogP contribution in [0.5, 0.6) is 0 Å². The van der Waals surface area contributed by atoms with Gasteiger partial charge in [-0.05, 0) is 76.3 Å². The van der Waals surface area contributed by atoms with Crippen molar-refractivity contribution in [2.75, 3.05) is 0 Å². The minimum Gasteiger partial charge on any atom is -0.205 e. The molecule has 0 saturated heterocycles. The average Bonchev–Trinajstić information content (AvgIpc) is 2.84. The van der Waals surface area contributed by atoms with E-state index in [1.807, 2.05) is 0 Å². The van der Waals surface area contributed by atoms with Crippen molar-refractivity contribution < 1.29 is 9.13 Å². The van der Waals surface area contributed by atoms with Crippen LogP contribution in [-0.4, -0.2) is 0 Å². The third-order valence-corrected chi connectivity index (χ3v) is 6.36. The molecule has 3 heterocycles. The van der Waals surface area contributed by atoms with Crippen LogP contribution in [0.25, 0.3) is 0 Å². The maximum Gasteiger partial charge on any atom is 0.171 e. The Balaban J connectivity index is 1.49. The van der Waals surface area contributed by atoms with Gasteiger partial charge in [-0.1, -0.05) is 42.9 Å². The van der Waals surface area contributed by atoms with Crippen molar-refractivity contribution in [2.45, 2.75) is 96.6 Å². The zero-order valence-electron chi connectivity index (χ0n) is 20.6. The summed E-state index contributed by atoms with van der Waals surface area (Å²) in [7, 11) is 0. The van der Waals surface area contributed by atoms with Gasteiger partial charge in [0.2, 0.25) is 0 Å². The first kappa shape index (κ1) is 25.1. The molecule has 0 fully saturated rings. The summed E-state index contributed by atoms with van der Waals surface area (Å²) in [5.74, 6) is 0. The van der Waals surface area contributed by atoms with Crippen molar-refractivity contribution in [1.82, 2.24) is 0 Å². The quantitative estimate of drug-likeness (QED) is 0.305.